The van der Waals surface area contributed by atoms with Crippen LogP contribution in [0.2, 0.25) is 9.36 Å². The van der Waals surface area contributed by atoms with Crippen molar-refractivity contribution in [3.8, 4) is 0 Å². The van der Waals surface area contributed by atoms with Gasteiger partial charge in [-0.05, 0) is 24.3 Å². The fourth-order valence-electron chi connectivity index (χ4n) is 2.52. The summed E-state index contributed by atoms with van der Waals surface area (Å²) in [6.45, 7) is 0. The van der Waals surface area contributed by atoms with E-state index in [9.17, 15) is 9.90 Å². The van der Waals surface area contributed by atoms with Crippen molar-refractivity contribution in [2.45, 2.75) is 6.10 Å². The van der Waals surface area contributed by atoms with Crippen LogP contribution in [-0.4, -0.2) is 26.6 Å². The highest BCUT2D eigenvalue weighted by Crippen LogP contribution is 2.32. The third-order valence-corrected chi connectivity index (χ3v) is 5.28. The topological polar surface area (TPSA) is 86.9 Å². The van der Waals surface area contributed by atoms with Gasteiger partial charge in [0.05, 0.1) is 26.9 Å². The van der Waals surface area contributed by atoms with Gasteiger partial charge in [-0.15, -0.1) is 11.3 Å². The molecule has 26 heavy (non-hydrogen) atoms. The molecule has 3 rings (SSSR count). The lowest BCUT2D eigenvalue weighted by molar-refractivity contribution is 0.0792. The van der Waals surface area contributed by atoms with Gasteiger partial charge in [0.2, 0.25) is 0 Å². The first-order valence-electron chi connectivity index (χ1n) is 7.54. The van der Waals surface area contributed by atoms with Gasteiger partial charge >= 0.3 is 0 Å². The molecular formula is C18H13Cl2N3O2S. The molecule has 0 saturated heterocycles. The van der Waals surface area contributed by atoms with E-state index in [1.54, 1.807) is 30.3 Å². The Morgan fingerprint density at radius 2 is 1.88 bits per heavy atom. The molecule has 0 bridgehead atoms. The number of carbonyl (C=O) groups is 1. The van der Waals surface area contributed by atoms with Gasteiger partial charge in [-0.25, -0.2) is 9.97 Å². The Bertz CT molecular complexity index is 946. The third kappa shape index (κ3) is 3.99. The molecule has 132 valence electrons. The van der Waals surface area contributed by atoms with Gasteiger partial charge in [-0.1, -0.05) is 35.3 Å². The second kappa shape index (κ2) is 8.05. The number of halogens is 2. The zero-order chi connectivity index (χ0) is 18.7. The molecule has 8 heteroatoms. The first kappa shape index (κ1) is 18.7. The zero-order valence-corrected chi connectivity index (χ0v) is 15.6. The summed E-state index contributed by atoms with van der Waals surface area (Å²) in [5, 5.41) is 19.7. The van der Waals surface area contributed by atoms with E-state index < -0.39 is 17.8 Å². The van der Waals surface area contributed by atoms with Crippen LogP contribution in [0.3, 0.4) is 0 Å². The molecule has 3 aromatic rings. The van der Waals surface area contributed by atoms with Crippen LogP contribution < -0.4 is 0 Å². The smallest absolute Gasteiger partial charge is 0.174 e. The van der Waals surface area contributed by atoms with Crippen molar-refractivity contribution >= 4 is 46.0 Å². The molecule has 2 aromatic heterocycles. The Morgan fingerprint density at radius 3 is 2.50 bits per heavy atom. The van der Waals surface area contributed by atoms with Crippen LogP contribution in [0.1, 0.15) is 26.9 Å². The number of hydrogen-bond acceptors (Lipinski definition) is 6. The lowest BCUT2D eigenvalue weighted by Crippen LogP contribution is -2.30. The second-order valence-corrected chi connectivity index (χ2v) is 7.64. The molecule has 0 spiro atoms. The molecule has 0 amide bonds. The highest BCUT2D eigenvalue weighted by Gasteiger charge is 2.34. The lowest BCUT2D eigenvalue weighted by Gasteiger charge is -2.22. The Balaban J connectivity index is 2.03. The monoisotopic (exact) mass is 405 g/mol. The third-order valence-electron chi connectivity index (χ3n) is 3.78. The van der Waals surface area contributed by atoms with E-state index in [0.717, 1.165) is 0 Å². The van der Waals surface area contributed by atoms with Gasteiger partial charge in [0, 0.05) is 28.5 Å². The highest BCUT2D eigenvalue weighted by molar-refractivity contribution is 7.18. The summed E-state index contributed by atoms with van der Waals surface area (Å²) >= 11 is 13.1. The molecule has 2 N–H and O–H groups in total. The molecule has 1 aromatic carbocycles. The summed E-state index contributed by atoms with van der Waals surface area (Å²) in [5.74, 6) is -1.56. The lowest BCUT2D eigenvalue weighted by atomic mass is 9.85. The van der Waals surface area contributed by atoms with Crippen LogP contribution in [0.25, 0.3) is 0 Å². The maximum Gasteiger partial charge on any atom is 0.174 e. The molecule has 0 radical (unpaired) electrons. The van der Waals surface area contributed by atoms with Crippen LogP contribution >= 0.6 is 34.5 Å². The summed E-state index contributed by atoms with van der Waals surface area (Å²) in [6.07, 6.45) is 2.89. The van der Waals surface area contributed by atoms with Crippen LogP contribution in [0.15, 0.2) is 55.1 Å². The number of nitrogens with one attached hydrogen (secondary N) is 1. The number of aliphatic hydroxyl groups is 1. The van der Waals surface area contributed by atoms with Gasteiger partial charge in [0.25, 0.3) is 0 Å². The van der Waals surface area contributed by atoms with E-state index in [4.69, 9.17) is 28.6 Å². The van der Waals surface area contributed by atoms with Crippen LogP contribution in [0.5, 0.6) is 0 Å². The molecule has 5 nitrogen and oxygen atoms in total. The number of aliphatic hydroxyl groups excluding tert-OH is 1. The Morgan fingerprint density at radius 1 is 1.15 bits per heavy atom. The minimum Gasteiger partial charge on any atom is -0.387 e. The summed E-state index contributed by atoms with van der Waals surface area (Å²) < 4.78 is 0.497. The van der Waals surface area contributed by atoms with Gasteiger partial charge in [0.1, 0.15) is 6.33 Å². The summed E-state index contributed by atoms with van der Waals surface area (Å²) in [4.78, 5) is 21.4. The first-order chi connectivity index (χ1) is 12.5. The van der Waals surface area contributed by atoms with Crippen LogP contribution in [-0.2, 0) is 0 Å². The maximum absolute atomic E-state index is 13.1. The number of hydrogen-bond donors (Lipinski definition) is 2. The normalized spacial score (nSPS) is 13.2. The summed E-state index contributed by atoms with van der Waals surface area (Å²) in [6, 6.07) is 9.72. The van der Waals surface area contributed by atoms with Gasteiger partial charge < -0.3 is 10.5 Å². The number of carbonyl (C=O) groups excluding carboxylic acids is 1. The predicted octanol–water partition coefficient (Wildman–Crippen LogP) is 4.45. The van der Waals surface area contributed by atoms with Gasteiger partial charge in [-0.3, -0.25) is 4.79 Å². The fourth-order valence-corrected chi connectivity index (χ4v) is 3.74. The molecule has 2 unspecified atom stereocenters. The second-order valence-electron chi connectivity index (χ2n) is 5.49. The summed E-state index contributed by atoms with van der Waals surface area (Å²) in [7, 11) is 0. The number of aromatic nitrogens is 2. The molecule has 0 fully saturated rings. The Kier molecular flexibility index (Phi) is 5.78. The standard InChI is InChI=1S/C18H13Cl2N3O2S/c19-12-3-1-2-10(6-12)17(24)15(16(21)13-4-5-14(20)26-13)18(25)11-7-22-9-23-8-11/h1-9,15,18,21,25H. The van der Waals surface area contributed by atoms with E-state index in [2.05, 4.69) is 9.97 Å². The molecule has 0 aliphatic rings. The highest BCUT2D eigenvalue weighted by atomic mass is 35.5. The van der Waals surface area contributed by atoms with Crippen molar-refractivity contribution in [1.29, 1.82) is 5.41 Å². The van der Waals surface area contributed by atoms with Crippen molar-refractivity contribution in [3.63, 3.8) is 0 Å². The van der Waals surface area contributed by atoms with Gasteiger partial charge in [-0.2, -0.15) is 0 Å². The van der Waals surface area contributed by atoms with Crippen molar-refractivity contribution in [2.75, 3.05) is 0 Å². The molecule has 0 aliphatic heterocycles. The quantitative estimate of drug-likeness (QED) is 0.468. The number of rotatable bonds is 6. The molecule has 2 atom stereocenters. The molecule has 2 heterocycles. The van der Waals surface area contributed by atoms with E-state index in [1.807, 2.05) is 0 Å². The maximum atomic E-state index is 13.1. The molecular weight excluding hydrogens is 393 g/mol. The fraction of sp³-hybridized carbons (Fsp3) is 0.111. The number of thiophene rings is 1. The van der Waals surface area contributed by atoms with Crippen molar-refractivity contribution in [3.05, 3.63) is 80.5 Å². The molecule has 0 saturated carbocycles. The van der Waals surface area contributed by atoms with Crippen molar-refractivity contribution in [2.24, 2.45) is 5.92 Å². The van der Waals surface area contributed by atoms with Gasteiger partial charge in [0.15, 0.2) is 5.78 Å². The minimum atomic E-state index is -1.28. The zero-order valence-electron chi connectivity index (χ0n) is 13.3. The van der Waals surface area contributed by atoms with Crippen LogP contribution in [0, 0.1) is 11.3 Å². The first-order valence-corrected chi connectivity index (χ1v) is 9.11. The average Bonchev–Trinajstić information content (AvgIpc) is 3.09. The van der Waals surface area contributed by atoms with E-state index in [-0.39, 0.29) is 5.71 Å². The number of ketones is 1. The predicted molar refractivity (Wildman–Crippen MR) is 102 cm³/mol. The molecule has 0 aliphatic carbocycles. The van der Waals surface area contributed by atoms with E-state index in [1.165, 1.54) is 36.1 Å². The van der Waals surface area contributed by atoms with Crippen LogP contribution in [0.4, 0.5) is 0 Å². The SMILES string of the molecule is N=C(c1ccc(Cl)s1)C(C(=O)c1cccc(Cl)c1)C(O)c1cncnc1. The largest absolute Gasteiger partial charge is 0.387 e. The van der Waals surface area contributed by atoms with Crippen molar-refractivity contribution in [1.82, 2.24) is 9.97 Å². The van der Waals surface area contributed by atoms with E-state index in [0.29, 0.717) is 25.4 Å². The summed E-state index contributed by atoms with van der Waals surface area (Å²) in [5.41, 5.74) is 0.634. The number of benzene rings is 1. The van der Waals surface area contributed by atoms with Crippen molar-refractivity contribution < 1.29 is 9.90 Å². The Hall–Kier alpha value is -2.12. The average molecular weight is 406 g/mol. The van der Waals surface area contributed by atoms with E-state index >= 15 is 0 Å². The Labute approximate surface area is 163 Å². The number of Topliss-reactive ketones (excluding diaryl/α,β-unsaturated/α-hetero) is 1. The minimum absolute atomic E-state index is 0.0248. The number of nitrogens with zero attached hydrogens (tertiary/aromatic N) is 2.